The smallest absolute Gasteiger partial charge is 0.226 e. The molecule has 2 heterocycles. The molecule has 3 N–H and O–H groups in total. The van der Waals surface area contributed by atoms with E-state index in [1.54, 1.807) is 6.20 Å². The molecule has 5 nitrogen and oxygen atoms in total. The van der Waals surface area contributed by atoms with Crippen LogP contribution in [0.5, 0.6) is 0 Å². The van der Waals surface area contributed by atoms with E-state index in [1.165, 1.54) is 0 Å². The molecule has 1 aliphatic heterocycles. The van der Waals surface area contributed by atoms with Crippen LogP contribution in [0.4, 0.5) is 5.95 Å². The van der Waals surface area contributed by atoms with Crippen LogP contribution >= 0.6 is 0 Å². The molecule has 1 aromatic rings. The first-order valence-electron chi connectivity index (χ1n) is 3.62. The number of aromatic nitrogens is 2. The molecule has 1 aromatic heterocycles. The summed E-state index contributed by atoms with van der Waals surface area (Å²) in [6.07, 6.45) is 1.96. The lowest BCUT2D eigenvalue weighted by molar-refractivity contribution is -0.121. The Morgan fingerprint density at radius 2 is 2.42 bits per heavy atom. The molecule has 0 fully saturated rings. The van der Waals surface area contributed by atoms with Gasteiger partial charge in [0.1, 0.15) is 0 Å². The Morgan fingerprint density at radius 3 is 3.25 bits per heavy atom. The first kappa shape index (κ1) is 7.02. The summed E-state index contributed by atoms with van der Waals surface area (Å²) in [4.78, 5) is 18.7. The number of hydrogen-bond acceptors (Lipinski definition) is 4. The molecule has 0 aliphatic carbocycles. The molecular weight excluding hydrogens is 156 g/mol. The lowest BCUT2D eigenvalue weighted by Gasteiger charge is -2.14. The van der Waals surface area contributed by atoms with Gasteiger partial charge in [0.25, 0.3) is 0 Å². The minimum absolute atomic E-state index is 0.0133. The second kappa shape index (κ2) is 2.44. The number of nitrogens with zero attached hydrogens (tertiary/aromatic N) is 2. The van der Waals surface area contributed by atoms with Crippen molar-refractivity contribution in [2.75, 3.05) is 5.73 Å². The van der Waals surface area contributed by atoms with E-state index in [-0.39, 0.29) is 11.9 Å². The van der Waals surface area contributed by atoms with E-state index in [0.29, 0.717) is 13.0 Å². The van der Waals surface area contributed by atoms with Crippen molar-refractivity contribution >= 4 is 11.9 Å². The van der Waals surface area contributed by atoms with Crippen molar-refractivity contribution in [3.63, 3.8) is 0 Å². The van der Waals surface area contributed by atoms with E-state index < -0.39 is 0 Å². The molecule has 1 aliphatic rings. The normalized spacial score (nSPS) is 15.2. The third-order valence-electron chi connectivity index (χ3n) is 1.78. The Hall–Kier alpha value is -1.65. The van der Waals surface area contributed by atoms with E-state index in [0.717, 1.165) is 11.3 Å². The molecule has 0 spiro atoms. The Balaban J connectivity index is 2.44. The van der Waals surface area contributed by atoms with Gasteiger partial charge in [0.2, 0.25) is 11.9 Å². The molecule has 0 aromatic carbocycles. The van der Waals surface area contributed by atoms with Gasteiger partial charge in [-0.25, -0.2) is 9.97 Å². The van der Waals surface area contributed by atoms with Gasteiger partial charge in [-0.3, -0.25) is 4.79 Å². The van der Waals surface area contributed by atoms with E-state index in [4.69, 9.17) is 5.73 Å². The minimum atomic E-state index is -0.0133. The lowest BCUT2D eigenvalue weighted by Crippen LogP contribution is -2.31. The van der Waals surface area contributed by atoms with Crippen LogP contribution in [-0.2, 0) is 17.8 Å². The number of nitrogen functional groups attached to an aromatic ring is 1. The summed E-state index contributed by atoms with van der Waals surface area (Å²) in [6, 6.07) is 0. The monoisotopic (exact) mass is 164 g/mol. The number of amides is 1. The van der Waals surface area contributed by atoms with Crippen LogP contribution in [0.3, 0.4) is 0 Å². The fraction of sp³-hybridized carbons (Fsp3) is 0.286. The van der Waals surface area contributed by atoms with Gasteiger partial charge in [0.05, 0.1) is 12.1 Å². The summed E-state index contributed by atoms with van der Waals surface area (Å²) in [5.41, 5.74) is 7.06. The van der Waals surface area contributed by atoms with E-state index in [2.05, 4.69) is 15.3 Å². The summed E-state index contributed by atoms with van der Waals surface area (Å²) in [5, 5.41) is 2.70. The number of nitrogens with one attached hydrogen (secondary N) is 1. The fourth-order valence-electron chi connectivity index (χ4n) is 1.17. The second-order valence-electron chi connectivity index (χ2n) is 2.65. The van der Waals surface area contributed by atoms with Crippen LogP contribution in [-0.4, -0.2) is 15.9 Å². The van der Waals surface area contributed by atoms with Gasteiger partial charge < -0.3 is 11.1 Å². The lowest BCUT2D eigenvalue weighted by atomic mass is 10.1. The first-order valence-corrected chi connectivity index (χ1v) is 3.62. The van der Waals surface area contributed by atoms with Crippen LogP contribution in [0, 0.1) is 0 Å². The van der Waals surface area contributed by atoms with Crippen molar-refractivity contribution in [2.45, 2.75) is 13.0 Å². The van der Waals surface area contributed by atoms with Crippen molar-refractivity contribution in [1.29, 1.82) is 0 Å². The van der Waals surface area contributed by atoms with Gasteiger partial charge in [-0.1, -0.05) is 0 Å². The van der Waals surface area contributed by atoms with Crippen LogP contribution in [0.1, 0.15) is 11.3 Å². The maximum atomic E-state index is 10.9. The highest BCUT2D eigenvalue weighted by Gasteiger charge is 2.16. The maximum Gasteiger partial charge on any atom is 0.226 e. The Labute approximate surface area is 69.0 Å². The summed E-state index contributed by atoms with van der Waals surface area (Å²) >= 11 is 0. The highest BCUT2D eigenvalue weighted by molar-refractivity contribution is 5.80. The Morgan fingerprint density at radius 1 is 1.58 bits per heavy atom. The van der Waals surface area contributed by atoms with Gasteiger partial charge in [-0.05, 0) is 0 Å². The largest absolute Gasteiger partial charge is 0.368 e. The van der Waals surface area contributed by atoms with Crippen LogP contribution in [0.15, 0.2) is 6.20 Å². The molecule has 0 bridgehead atoms. The van der Waals surface area contributed by atoms with Crippen molar-refractivity contribution < 1.29 is 4.79 Å². The summed E-state index contributed by atoms with van der Waals surface area (Å²) < 4.78 is 0. The van der Waals surface area contributed by atoms with Gasteiger partial charge in [-0.15, -0.1) is 0 Å². The SMILES string of the molecule is Nc1ncc2c(n1)CC(=O)NC2. The van der Waals surface area contributed by atoms with Crippen LogP contribution in [0.2, 0.25) is 0 Å². The third kappa shape index (κ3) is 1.09. The molecule has 0 saturated heterocycles. The van der Waals surface area contributed by atoms with Gasteiger partial charge in [0, 0.05) is 18.3 Å². The molecule has 5 heteroatoms. The van der Waals surface area contributed by atoms with Crippen molar-refractivity contribution in [3.8, 4) is 0 Å². The van der Waals surface area contributed by atoms with Crippen molar-refractivity contribution in [1.82, 2.24) is 15.3 Å². The molecule has 62 valence electrons. The van der Waals surface area contributed by atoms with E-state index in [1.807, 2.05) is 0 Å². The van der Waals surface area contributed by atoms with Crippen molar-refractivity contribution in [3.05, 3.63) is 17.5 Å². The quantitative estimate of drug-likeness (QED) is 0.527. The number of hydrogen-bond donors (Lipinski definition) is 2. The number of carbonyl (C=O) groups is 1. The first-order chi connectivity index (χ1) is 5.75. The summed E-state index contributed by atoms with van der Waals surface area (Å²) in [7, 11) is 0. The fourth-order valence-corrected chi connectivity index (χ4v) is 1.17. The molecular formula is C7H8N4O. The van der Waals surface area contributed by atoms with E-state index >= 15 is 0 Å². The zero-order chi connectivity index (χ0) is 8.55. The van der Waals surface area contributed by atoms with Crippen LogP contribution in [0.25, 0.3) is 0 Å². The highest BCUT2D eigenvalue weighted by atomic mass is 16.1. The third-order valence-corrected chi connectivity index (χ3v) is 1.78. The molecule has 0 atom stereocenters. The summed E-state index contributed by atoms with van der Waals surface area (Å²) in [6.45, 7) is 0.508. The van der Waals surface area contributed by atoms with Crippen molar-refractivity contribution in [2.24, 2.45) is 0 Å². The predicted octanol–water partition coefficient (Wildman–Crippen LogP) is -0.769. The molecule has 0 unspecified atom stereocenters. The number of anilines is 1. The van der Waals surface area contributed by atoms with Crippen LogP contribution < -0.4 is 11.1 Å². The average Bonchev–Trinajstić information content (AvgIpc) is 2.03. The number of fused-ring (bicyclic) bond motifs is 1. The number of rotatable bonds is 0. The van der Waals surface area contributed by atoms with Gasteiger partial charge >= 0.3 is 0 Å². The standard InChI is InChI=1S/C7H8N4O/c8-7-10-3-4-2-9-6(12)1-5(4)11-7/h3H,1-2H2,(H,9,12)(H2,8,10,11). The average molecular weight is 164 g/mol. The molecule has 12 heavy (non-hydrogen) atoms. The Kier molecular flexibility index (Phi) is 1.43. The maximum absolute atomic E-state index is 10.9. The predicted molar refractivity (Wildman–Crippen MR) is 42.0 cm³/mol. The zero-order valence-electron chi connectivity index (χ0n) is 6.37. The zero-order valence-corrected chi connectivity index (χ0v) is 6.37. The van der Waals surface area contributed by atoms with Gasteiger partial charge in [-0.2, -0.15) is 0 Å². The molecule has 1 amide bonds. The second-order valence-corrected chi connectivity index (χ2v) is 2.65. The minimum Gasteiger partial charge on any atom is -0.368 e. The summed E-state index contributed by atoms with van der Waals surface area (Å²) in [5.74, 6) is 0.212. The Bertz CT molecular complexity index is 336. The number of nitrogens with two attached hydrogens (primary N) is 1. The molecule has 0 radical (unpaired) electrons. The van der Waals surface area contributed by atoms with E-state index in [9.17, 15) is 4.79 Å². The highest BCUT2D eigenvalue weighted by Crippen LogP contribution is 2.10. The molecule has 0 saturated carbocycles. The number of carbonyl (C=O) groups excluding carboxylic acids is 1. The van der Waals surface area contributed by atoms with Gasteiger partial charge in [0.15, 0.2) is 0 Å². The molecule has 2 rings (SSSR count). The topological polar surface area (TPSA) is 80.9 Å².